The zero-order chi connectivity index (χ0) is 19.8. The van der Waals surface area contributed by atoms with Crippen LogP contribution in [0.4, 0.5) is 0 Å². The van der Waals surface area contributed by atoms with Crippen molar-refractivity contribution in [3.05, 3.63) is 76.3 Å². The first-order valence-electron chi connectivity index (χ1n) is 8.09. The zero-order valence-corrected chi connectivity index (χ0v) is 16.4. The van der Waals surface area contributed by atoms with E-state index < -0.39 is 0 Å². The summed E-state index contributed by atoms with van der Waals surface area (Å²) in [5.74, 6) is 1.17. The van der Waals surface area contributed by atoms with Crippen LogP contribution in [-0.4, -0.2) is 12.1 Å². The summed E-state index contributed by atoms with van der Waals surface area (Å²) in [6, 6.07) is 13.1. The normalized spacial score (nSPS) is 10.8. The molecule has 0 fully saturated rings. The summed E-state index contributed by atoms with van der Waals surface area (Å²) in [7, 11) is 1.56. The molecule has 2 aromatic carbocycles. The number of methoxy groups -OCH3 is 1. The molecule has 0 spiro atoms. The number of nitrogens with zero attached hydrogens (tertiary/aromatic N) is 1. The molecule has 2 rings (SSSR count). The van der Waals surface area contributed by atoms with Crippen LogP contribution in [0.2, 0.25) is 5.02 Å². The van der Waals surface area contributed by atoms with E-state index in [2.05, 4.69) is 6.58 Å². The summed E-state index contributed by atoms with van der Waals surface area (Å²) >= 11 is 10.8. The van der Waals surface area contributed by atoms with Crippen LogP contribution in [0.25, 0.3) is 6.08 Å². The van der Waals surface area contributed by atoms with Crippen molar-refractivity contribution in [1.82, 2.24) is 0 Å². The molecule has 0 amide bonds. The molecular formula is C21H19ClN2O2S. The van der Waals surface area contributed by atoms with Gasteiger partial charge in [0.05, 0.1) is 12.7 Å². The van der Waals surface area contributed by atoms with Gasteiger partial charge in [0, 0.05) is 10.6 Å². The minimum Gasteiger partial charge on any atom is -0.493 e. The number of hydrogen-bond donors (Lipinski definition) is 1. The Labute approximate surface area is 169 Å². The first-order chi connectivity index (χ1) is 13.0. The predicted octanol–water partition coefficient (Wildman–Crippen LogP) is 4.85. The molecule has 0 atom stereocenters. The number of thiocarbonyl (C=S) groups is 1. The van der Waals surface area contributed by atoms with Crippen molar-refractivity contribution < 1.29 is 9.47 Å². The van der Waals surface area contributed by atoms with E-state index in [-0.39, 0.29) is 10.6 Å². The number of ether oxygens (including phenoxy) is 2. The number of nitrogens with two attached hydrogens (primary N) is 1. The molecule has 0 radical (unpaired) electrons. The first kappa shape index (κ1) is 20.5. The van der Waals surface area contributed by atoms with Crippen LogP contribution < -0.4 is 15.2 Å². The topological polar surface area (TPSA) is 68.3 Å². The lowest BCUT2D eigenvalue weighted by molar-refractivity contribution is 0.282. The van der Waals surface area contributed by atoms with E-state index in [1.54, 1.807) is 25.3 Å². The molecule has 0 aliphatic carbocycles. The molecule has 27 heavy (non-hydrogen) atoms. The number of hydrogen-bond acceptors (Lipinski definition) is 4. The summed E-state index contributed by atoms with van der Waals surface area (Å²) in [5.41, 5.74) is 8.41. The lowest BCUT2D eigenvalue weighted by atomic mass is 10.0. The van der Waals surface area contributed by atoms with Gasteiger partial charge in [-0.05, 0) is 47.9 Å². The Balaban J connectivity index is 2.40. The van der Waals surface area contributed by atoms with Crippen LogP contribution >= 0.6 is 23.8 Å². The molecule has 0 unspecified atom stereocenters. The highest BCUT2D eigenvalue weighted by Gasteiger charge is 2.13. The second-order valence-electron chi connectivity index (χ2n) is 5.65. The van der Waals surface area contributed by atoms with E-state index in [0.29, 0.717) is 29.5 Å². The number of rotatable bonds is 8. The van der Waals surface area contributed by atoms with Gasteiger partial charge in [-0.25, -0.2) is 0 Å². The maximum absolute atomic E-state index is 9.17. The Morgan fingerprint density at radius 1 is 1.33 bits per heavy atom. The second kappa shape index (κ2) is 9.77. The van der Waals surface area contributed by atoms with E-state index in [4.69, 9.17) is 39.0 Å². The number of allylic oxidation sites excluding steroid dienone is 1. The molecule has 138 valence electrons. The van der Waals surface area contributed by atoms with Gasteiger partial charge in [-0.1, -0.05) is 42.0 Å². The summed E-state index contributed by atoms with van der Waals surface area (Å²) in [6.45, 7) is 4.16. The zero-order valence-electron chi connectivity index (χ0n) is 14.9. The van der Waals surface area contributed by atoms with Crippen LogP contribution in [0.1, 0.15) is 16.7 Å². The van der Waals surface area contributed by atoms with Crippen LogP contribution in [-0.2, 0) is 13.0 Å². The lowest BCUT2D eigenvalue weighted by Crippen LogP contribution is -2.09. The van der Waals surface area contributed by atoms with E-state index >= 15 is 0 Å². The van der Waals surface area contributed by atoms with Gasteiger partial charge in [0.1, 0.15) is 17.7 Å². The third-order valence-electron chi connectivity index (χ3n) is 3.73. The molecule has 2 aromatic rings. The molecule has 2 N–H and O–H groups in total. The first-order valence-corrected chi connectivity index (χ1v) is 8.87. The smallest absolute Gasteiger partial charge is 0.165 e. The third kappa shape index (κ3) is 5.58. The number of benzene rings is 2. The fourth-order valence-electron chi connectivity index (χ4n) is 2.45. The van der Waals surface area contributed by atoms with Crippen LogP contribution in [0.15, 0.2) is 54.6 Å². The van der Waals surface area contributed by atoms with E-state index in [0.717, 1.165) is 16.7 Å². The minimum atomic E-state index is 0.0461. The van der Waals surface area contributed by atoms with Gasteiger partial charge in [0.2, 0.25) is 0 Å². The summed E-state index contributed by atoms with van der Waals surface area (Å²) in [6.07, 6.45) is 3.97. The Morgan fingerprint density at radius 3 is 2.59 bits per heavy atom. The Hall–Kier alpha value is -2.81. The molecule has 0 bridgehead atoms. The highest BCUT2D eigenvalue weighted by Crippen LogP contribution is 2.35. The molecule has 0 aromatic heterocycles. The van der Waals surface area contributed by atoms with Gasteiger partial charge >= 0.3 is 0 Å². The van der Waals surface area contributed by atoms with Gasteiger partial charge in [0.15, 0.2) is 11.5 Å². The average molecular weight is 399 g/mol. The van der Waals surface area contributed by atoms with E-state index in [1.807, 2.05) is 36.4 Å². The highest BCUT2D eigenvalue weighted by atomic mass is 35.5. The van der Waals surface area contributed by atoms with Crippen molar-refractivity contribution in [2.45, 2.75) is 13.0 Å². The Kier molecular flexibility index (Phi) is 7.42. The number of nitriles is 1. The quantitative estimate of drug-likeness (QED) is 0.298. The van der Waals surface area contributed by atoms with Crippen molar-refractivity contribution in [3.8, 4) is 17.6 Å². The maximum Gasteiger partial charge on any atom is 0.165 e. The summed E-state index contributed by atoms with van der Waals surface area (Å²) < 4.78 is 11.5. The number of halogens is 1. The highest BCUT2D eigenvalue weighted by molar-refractivity contribution is 7.80. The van der Waals surface area contributed by atoms with Gasteiger partial charge in [-0.15, -0.1) is 6.58 Å². The van der Waals surface area contributed by atoms with Gasteiger partial charge in [-0.3, -0.25) is 0 Å². The van der Waals surface area contributed by atoms with Crippen molar-refractivity contribution in [1.29, 1.82) is 5.26 Å². The predicted molar refractivity (Wildman–Crippen MR) is 113 cm³/mol. The molecule has 0 heterocycles. The fourth-order valence-corrected chi connectivity index (χ4v) is 2.68. The average Bonchev–Trinajstić information content (AvgIpc) is 2.66. The third-order valence-corrected chi connectivity index (χ3v) is 4.20. The van der Waals surface area contributed by atoms with Crippen molar-refractivity contribution in [2.24, 2.45) is 5.73 Å². The molecule has 0 aliphatic rings. The Morgan fingerprint density at radius 2 is 2.04 bits per heavy atom. The monoisotopic (exact) mass is 398 g/mol. The molecule has 4 nitrogen and oxygen atoms in total. The largest absolute Gasteiger partial charge is 0.493 e. The van der Waals surface area contributed by atoms with Gasteiger partial charge < -0.3 is 15.2 Å². The van der Waals surface area contributed by atoms with E-state index in [1.165, 1.54) is 0 Å². The summed E-state index contributed by atoms with van der Waals surface area (Å²) in [5, 5.41) is 9.85. The van der Waals surface area contributed by atoms with Crippen molar-refractivity contribution in [3.63, 3.8) is 0 Å². The van der Waals surface area contributed by atoms with Crippen molar-refractivity contribution >= 4 is 34.9 Å². The van der Waals surface area contributed by atoms with Crippen LogP contribution in [0.5, 0.6) is 11.5 Å². The molecule has 0 aliphatic heterocycles. The van der Waals surface area contributed by atoms with Gasteiger partial charge in [0.25, 0.3) is 0 Å². The van der Waals surface area contributed by atoms with Gasteiger partial charge in [-0.2, -0.15) is 5.26 Å². The molecule has 6 heteroatoms. The van der Waals surface area contributed by atoms with Crippen molar-refractivity contribution in [2.75, 3.05) is 7.11 Å². The molecular weight excluding hydrogens is 380 g/mol. The molecule has 0 saturated heterocycles. The maximum atomic E-state index is 9.17. The fraction of sp³-hybridized carbons (Fsp3) is 0.143. The van der Waals surface area contributed by atoms with E-state index in [9.17, 15) is 5.26 Å². The van der Waals surface area contributed by atoms with Crippen LogP contribution in [0, 0.1) is 11.3 Å². The minimum absolute atomic E-state index is 0.0461. The SMILES string of the molecule is C=CCc1cc(/C=C(/C#N)C(N)=S)cc(OC)c1OCc1ccc(Cl)cc1. The lowest BCUT2D eigenvalue weighted by Gasteiger charge is -2.16. The Bertz CT molecular complexity index is 915. The summed E-state index contributed by atoms with van der Waals surface area (Å²) in [4.78, 5) is 0.0461. The molecule has 0 saturated carbocycles. The standard InChI is InChI=1S/C21H19ClN2O2S/c1-3-4-16-9-15(10-17(12-23)21(24)27)11-19(25-2)20(16)26-13-14-5-7-18(22)8-6-14/h3,5-11H,1,4,13H2,2H3,(H2,24,27)/b17-10-. The van der Waals surface area contributed by atoms with Crippen LogP contribution in [0.3, 0.4) is 0 Å². The second-order valence-corrected chi connectivity index (χ2v) is 6.53.